The third kappa shape index (κ3) is 2.85. The molecule has 0 atom stereocenters. The highest BCUT2D eigenvalue weighted by atomic mass is 16.4. The molecule has 0 saturated carbocycles. The number of carbonyl (C=O) groups excluding carboxylic acids is 2. The van der Waals surface area contributed by atoms with Crippen molar-refractivity contribution in [1.29, 1.82) is 0 Å². The second-order valence-corrected chi connectivity index (χ2v) is 4.04. The van der Waals surface area contributed by atoms with Gasteiger partial charge in [-0.1, -0.05) is 19.9 Å². The third-order valence-corrected chi connectivity index (χ3v) is 2.32. The topological polar surface area (TPSA) is 109 Å². The zero-order valence-corrected chi connectivity index (χ0v) is 10.1. The smallest absolute Gasteiger partial charge is 0.336 e. The summed E-state index contributed by atoms with van der Waals surface area (Å²) in [6.07, 6.45) is 0. The first-order chi connectivity index (χ1) is 8.34. The summed E-state index contributed by atoms with van der Waals surface area (Å²) in [5, 5.41) is 11.4. The maximum Gasteiger partial charge on any atom is 0.336 e. The summed E-state index contributed by atoms with van der Waals surface area (Å²) in [6.45, 7) is 3.36. The molecule has 0 saturated heterocycles. The van der Waals surface area contributed by atoms with Gasteiger partial charge in [-0.25, -0.2) is 4.79 Å². The average molecular weight is 250 g/mol. The van der Waals surface area contributed by atoms with E-state index >= 15 is 0 Å². The number of hydrogen-bond acceptors (Lipinski definition) is 3. The molecule has 2 amide bonds. The molecular weight excluding hydrogens is 236 g/mol. The van der Waals surface area contributed by atoms with Crippen LogP contribution < -0.4 is 11.1 Å². The number of carboxylic acids is 1. The Morgan fingerprint density at radius 2 is 1.89 bits per heavy atom. The van der Waals surface area contributed by atoms with E-state index in [0.29, 0.717) is 0 Å². The number of rotatable bonds is 4. The van der Waals surface area contributed by atoms with E-state index in [-0.39, 0.29) is 28.6 Å². The van der Waals surface area contributed by atoms with Gasteiger partial charge in [0.1, 0.15) is 0 Å². The Labute approximate surface area is 104 Å². The van der Waals surface area contributed by atoms with Crippen LogP contribution in [-0.4, -0.2) is 22.9 Å². The van der Waals surface area contributed by atoms with Crippen molar-refractivity contribution in [3.63, 3.8) is 0 Å². The molecule has 6 heteroatoms. The molecular formula is C12H14N2O4. The lowest BCUT2D eigenvalue weighted by atomic mass is 10.0. The maximum atomic E-state index is 11.6. The number of hydrogen-bond donors (Lipinski definition) is 3. The zero-order valence-electron chi connectivity index (χ0n) is 10.1. The summed E-state index contributed by atoms with van der Waals surface area (Å²) < 4.78 is 0. The van der Waals surface area contributed by atoms with Crippen LogP contribution in [0.25, 0.3) is 0 Å². The van der Waals surface area contributed by atoms with Gasteiger partial charge in [-0.15, -0.1) is 0 Å². The van der Waals surface area contributed by atoms with Crippen molar-refractivity contribution >= 4 is 23.5 Å². The predicted octanol–water partition coefficient (Wildman–Crippen LogP) is 1.08. The van der Waals surface area contributed by atoms with Crippen LogP contribution in [0.2, 0.25) is 0 Å². The van der Waals surface area contributed by atoms with Crippen molar-refractivity contribution in [2.45, 2.75) is 13.8 Å². The minimum atomic E-state index is -1.27. The van der Waals surface area contributed by atoms with E-state index in [1.165, 1.54) is 18.2 Å². The lowest BCUT2D eigenvalue weighted by Crippen LogP contribution is -2.23. The minimum absolute atomic E-state index is 0.112. The second-order valence-electron chi connectivity index (χ2n) is 4.04. The van der Waals surface area contributed by atoms with Crippen molar-refractivity contribution in [2.75, 3.05) is 5.32 Å². The highest BCUT2D eigenvalue weighted by molar-refractivity contribution is 6.10. The van der Waals surface area contributed by atoms with Gasteiger partial charge >= 0.3 is 5.97 Å². The molecule has 0 fully saturated rings. The Balaban J connectivity index is 3.27. The molecule has 1 aromatic carbocycles. The number of anilines is 1. The molecule has 4 N–H and O–H groups in total. The van der Waals surface area contributed by atoms with Crippen molar-refractivity contribution in [3.05, 3.63) is 29.3 Å². The van der Waals surface area contributed by atoms with Crippen LogP contribution in [0.1, 0.15) is 34.6 Å². The van der Waals surface area contributed by atoms with Crippen molar-refractivity contribution in [3.8, 4) is 0 Å². The molecule has 0 aliphatic heterocycles. The molecule has 0 aliphatic carbocycles. The van der Waals surface area contributed by atoms with Crippen LogP contribution in [-0.2, 0) is 4.79 Å². The van der Waals surface area contributed by atoms with Crippen molar-refractivity contribution in [1.82, 2.24) is 0 Å². The molecule has 0 aromatic heterocycles. The van der Waals surface area contributed by atoms with Crippen LogP contribution in [0.3, 0.4) is 0 Å². The minimum Gasteiger partial charge on any atom is -0.478 e. The third-order valence-electron chi connectivity index (χ3n) is 2.32. The van der Waals surface area contributed by atoms with Gasteiger partial charge in [-0.05, 0) is 12.1 Å². The Morgan fingerprint density at radius 1 is 1.28 bits per heavy atom. The molecule has 18 heavy (non-hydrogen) atoms. The number of carbonyl (C=O) groups is 3. The lowest BCUT2D eigenvalue weighted by Gasteiger charge is -2.12. The van der Waals surface area contributed by atoms with Crippen molar-refractivity contribution in [2.24, 2.45) is 11.7 Å². The van der Waals surface area contributed by atoms with Gasteiger partial charge < -0.3 is 16.2 Å². The Bertz CT molecular complexity index is 509. The number of carboxylic acid groups (broad SMARTS) is 1. The number of nitrogens with one attached hydrogen (secondary N) is 1. The summed E-state index contributed by atoms with van der Waals surface area (Å²) in [6, 6.07) is 4.13. The quantitative estimate of drug-likeness (QED) is 0.742. The van der Waals surface area contributed by atoms with Crippen LogP contribution in [0, 0.1) is 5.92 Å². The number of aromatic carboxylic acids is 1. The van der Waals surface area contributed by atoms with Crippen LogP contribution in [0.5, 0.6) is 0 Å². The molecule has 1 aromatic rings. The van der Waals surface area contributed by atoms with Gasteiger partial charge in [0, 0.05) is 5.92 Å². The van der Waals surface area contributed by atoms with E-state index in [0.717, 1.165) is 0 Å². The van der Waals surface area contributed by atoms with E-state index in [4.69, 9.17) is 10.8 Å². The molecule has 0 aliphatic rings. The highest BCUT2D eigenvalue weighted by Crippen LogP contribution is 2.20. The molecule has 1 rings (SSSR count). The summed E-state index contributed by atoms with van der Waals surface area (Å²) in [4.78, 5) is 33.8. The Morgan fingerprint density at radius 3 is 2.33 bits per heavy atom. The average Bonchev–Trinajstić information content (AvgIpc) is 2.27. The SMILES string of the molecule is CC(C)C(=O)Nc1cccc(C(=O)O)c1C(N)=O. The molecule has 0 heterocycles. The largest absolute Gasteiger partial charge is 0.478 e. The predicted molar refractivity (Wildman–Crippen MR) is 65.4 cm³/mol. The molecule has 0 unspecified atom stereocenters. The van der Waals surface area contributed by atoms with Crippen LogP contribution in [0.4, 0.5) is 5.69 Å². The normalized spacial score (nSPS) is 10.2. The van der Waals surface area contributed by atoms with E-state index in [2.05, 4.69) is 5.32 Å². The number of amides is 2. The van der Waals surface area contributed by atoms with Gasteiger partial charge in [0.25, 0.3) is 5.91 Å². The van der Waals surface area contributed by atoms with Gasteiger partial charge in [0.2, 0.25) is 5.91 Å². The number of nitrogens with two attached hydrogens (primary N) is 1. The van der Waals surface area contributed by atoms with Gasteiger partial charge in [-0.2, -0.15) is 0 Å². The van der Waals surface area contributed by atoms with E-state index in [1.54, 1.807) is 13.8 Å². The molecule has 6 nitrogen and oxygen atoms in total. The summed E-state index contributed by atoms with van der Waals surface area (Å²) in [5.41, 5.74) is 4.84. The first kappa shape index (κ1) is 13.7. The standard InChI is InChI=1S/C12H14N2O4/c1-6(2)11(16)14-8-5-3-4-7(12(17)18)9(8)10(13)15/h3-6H,1-2H3,(H2,13,15)(H,14,16)(H,17,18). The van der Waals surface area contributed by atoms with E-state index in [1.807, 2.05) is 0 Å². The summed E-state index contributed by atoms with van der Waals surface area (Å²) in [5.74, 6) is -2.78. The fourth-order valence-electron chi connectivity index (χ4n) is 1.38. The van der Waals surface area contributed by atoms with Crippen molar-refractivity contribution < 1.29 is 19.5 Å². The molecule has 0 bridgehead atoms. The lowest BCUT2D eigenvalue weighted by molar-refractivity contribution is -0.118. The first-order valence-electron chi connectivity index (χ1n) is 5.31. The fraction of sp³-hybridized carbons (Fsp3) is 0.250. The maximum absolute atomic E-state index is 11.6. The monoisotopic (exact) mass is 250 g/mol. The second kappa shape index (κ2) is 5.31. The summed E-state index contributed by atoms with van der Waals surface area (Å²) >= 11 is 0. The number of benzene rings is 1. The first-order valence-corrected chi connectivity index (χ1v) is 5.31. The van der Waals surface area contributed by atoms with Gasteiger partial charge in [-0.3, -0.25) is 9.59 Å². The Kier molecular flexibility index (Phi) is 4.04. The van der Waals surface area contributed by atoms with Gasteiger partial charge in [0.15, 0.2) is 0 Å². The van der Waals surface area contributed by atoms with Gasteiger partial charge in [0.05, 0.1) is 16.8 Å². The summed E-state index contributed by atoms with van der Waals surface area (Å²) in [7, 11) is 0. The molecule has 96 valence electrons. The fourth-order valence-corrected chi connectivity index (χ4v) is 1.38. The Hall–Kier alpha value is -2.37. The molecule has 0 spiro atoms. The highest BCUT2D eigenvalue weighted by Gasteiger charge is 2.20. The molecule has 0 radical (unpaired) electrons. The number of primary amides is 1. The van der Waals surface area contributed by atoms with E-state index in [9.17, 15) is 14.4 Å². The van der Waals surface area contributed by atoms with Crippen LogP contribution >= 0.6 is 0 Å². The zero-order chi connectivity index (χ0) is 13.9. The van der Waals surface area contributed by atoms with Crippen LogP contribution in [0.15, 0.2) is 18.2 Å². The van der Waals surface area contributed by atoms with E-state index < -0.39 is 11.9 Å².